The maximum absolute atomic E-state index is 14.4. The number of nitrogens with one attached hydrogen (secondary N) is 1. The van der Waals surface area contributed by atoms with Gasteiger partial charge in [0.2, 0.25) is 5.78 Å². The van der Waals surface area contributed by atoms with Gasteiger partial charge in [-0.15, -0.1) is 0 Å². The van der Waals surface area contributed by atoms with Gasteiger partial charge in [0.1, 0.15) is 12.3 Å². The van der Waals surface area contributed by atoms with Gasteiger partial charge in [0, 0.05) is 55.4 Å². The topological polar surface area (TPSA) is 150 Å². The number of amides is 1. The van der Waals surface area contributed by atoms with E-state index in [0.717, 1.165) is 12.1 Å². The summed E-state index contributed by atoms with van der Waals surface area (Å²) in [4.78, 5) is 27.4. The normalized spacial score (nSPS) is 15.9. The minimum atomic E-state index is -0.761. The summed E-state index contributed by atoms with van der Waals surface area (Å²) in [5.74, 6) is -1.78. The maximum atomic E-state index is 14.4. The number of carbonyl (C=O) groups excluding carboxylic acids is 2. The van der Waals surface area contributed by atoms with Crippen LogP contribution in [0.4, 0.5) is 10.1 Å². The summed E-state index contributed by atoms with van der Waals surface area (Å²) in [6.45, 7) is 2.05. The zero-order valence-corrected chi connectivity index (χ0v) is 20.8. The zero-order chi connectivity index (χ0) is 26.9. The second-order valence-electron chi connectivity index (χ2n) is 8.31. The number of anilines is 1. The average molecular weight is 515 g/mol. The number of nitrogens with two attached hydrogens (primary N) is 2. The van der Waals surface area contributed by atoms with Crippen LogP contribution in [0.2, 0.25) is 0 Å². The first-order valence-corrected chi connectivity index (χ1v) is 11.6. The van der Waals surface area contributed by atoms with E-state index in [1.807, 2.05) is 0 Å². The van der Waals surface area contributed by atoms with E-state index in [1.165, 1.54) is 13.2 Å². The third-order valence-corrected chi connectivity index (χ3v) is 5.76. The van der Waals surface area contributed by atoms with Crippen molar-refractivity contribution in [1.82, 2.24) is 4.90 Å². The Kier molecular flexibility index (Phi) is 9.72. The Hall–Kier alpha value is -3.80. The molecule has 5 N–H and O–H groups in total. The van der Waals surface area contributed by atoms with Crippen LogP contribution in [0, 0.1) is 11.2 Å². The van der Waals surface area contributed by atoms with Gasteiger partial charge in [-0.25, -0.2) is 4.39 Å². The molecule has 1 fully saturated rings. The number of ketones is 1. The molecule has 1 amide bonds. The smallest absolute Gasteiger partial charge is 0.254 e. The van der Waals surface area contributed by atoms with Gasteiger partial charge in [-0.1, -0.05) is 12.1 Å². The van der Waals surface area contributed by atoms with E-state index in [2.05, 4.69) is 0 Å². The number of allylic oxidation sites excluding steroid dienone is 1. The Bertz CT molecular complexity index is 1170. The number of morpholine rings is 1. The molecule has 198 valence electrons. The van der Waals surface area contributed by atoms with Crippen LogP contribution in [0.25, 0.3) is 5.70 Å². The molecule has 11 heteroatoms. The van der Waals surface area contributed by atoms with Crippen molar-refractivity contribution in [3.63, 3.8) is 0 Å². The van der Waals surface area contributed by atoms with Gasteiger partial charge in [0.05, 0.1) is 32.5 Å². The fourth-order valence-electron chi connectivity index (χ4n) is 3.78. The Morgan fingerprint density at radius 1 is 1.16 bits per heavy atom. The SMILES string of the molecule is COCCOc1cc(N)c(C(=N)C(=O)C=C(N)c2ccc(C(=O)N3CCOC[C@@H]3COC)cc2)cc1F. The van der Waals surface area contributed by atoms with Gasteiger partial charge < -0.3 is 35.3 Å². The Balaban J connectivity index is 1.71. The predicted octanol–water partition coefficient (Wildman–Crippen LogP) is 1.86. The standard InChI is InChI=1S/C26H31FN4O6/c1-34-9-10-37-24-13-22(29)19(11-20(24)27)25(30)23(32)12-21(28)16-3-5-17(6-4-16)26(33)31-7-8-36-15-18(31)14-35-2/h3-6,11-13,18,30H,7-10,14-15,28-29H2,1-2H3/t18-/m0/s1. The summed E-state index contributed by atoms with van der Waals surface area (Å²) in [7, 11) is 3.06. The number of ether oxygens (including phenoxy) is 4. The van der Waals surface area contributed by atoms with Gasteiger partial charge in [-0.3, -0.25) is 15.0 Å². The molecule has 0 aromatic heterocycles. The molecule has 37 heavy (non-hydrogen) atoms. The molecule has 0 bridgehead atoms. The molecule has 1 aliphatic heterocycles. The highest BCUT2D eigenvalue weighted by Gasteiger charge is 2.28. The number of hydrogen-bond acceptors (Lipinski definition) is 9. The highest BCUT2D eigenvalue weighted by atomic mass is 19.1. The number of nitrogen functional groups attached to an aromatic ring is 1. The molecule has 0 spiro atoms. The molecule has 2 aromatic rings. The van der Waals surface area contributed by atoms with Gasteiger partial charge in [-0.2, -0.15) is 0 Å². The largest absolute Gasteiger partial charge is 0.488 e. The van der Waals surface area contributed by atoms with Crippen LogP contribution in [0.5, 0.6) is 5.75 Å². The van der Waals surface area contributed by atoms with Gasteiger partial charge in [0.25, 0.3) is 5.91 Å². The molecule has 1 heterocycles. The lowest BCUT2D eigenvalue weighted by Gasteiger charge is -2.35. The number of rotatable bonds is 11. The second-order valence-corrected chi connectivity index (χ2v) is 8.31. The van der Waals surface area contributed by atoms with Crippen LogP contribution in [-0.2, 0) is 19.0 Å². The molecular formula is C26H31FN4O6. The lowest BCUT2D eigenvalue weighted by Crippen LogP contribution is -2.50. The molecule has 1 atom stereocenters. The van der Waals surface area contributed by atoms with Crippen LogP contribution in [0.1, 0.15) is 21.5 Å². The summed E-state index contributed by atoms with van der Waals surface area (Å²) in [5.41, 5.74) is 12.4. The van der Waals surface area contributed by atoms with Crippen molar-refractivity contribution in [1.29, 1.82) is 5.41 Å². The molecular weight excluding hydrogens is 483 g/mol. The van der Waals surface area contributed by atoms with E-state index in [9.17, 15) is 14.0 Å². The molecule has 0 radical (unpaired) electrons. The van der Waals surface area contributed by atoms with Crippen molar-refractivity contribution in [3.8, 4) is 5.75 Å². The van der Waals surface area contributed by atoms with E-state index >= 15 is 0 Å². The van der Waals surface area contributed by atoms with E-state index in [1.54, 1.807) is 36.3 Å². The Morgan fingerprint density at radius 3 is 2.54 bits per heavy atom. The monoisotopic (exact) mass is 514 g/mol. The van der Waals surface area contributed by atoms with Crippen LogP contribution >= 0.6 is 0 Å². The lowest BCUT2D eigenvalue weighted by atomic mass is 10.0. The number of benzene rings is 2. The molecule has 1 aliphatic rings. The first-order valence-electron chi connectivity index (χ1n) is 11.6. The number of methoxy groups -OCH3 is 2. The van der Waals surface area contributed by atoms with Crippen LogP contribution in [-0.4, -0.2) is 82.1 Å². The van der Waals surface area contributed by atoms with E-state index in [-0.39, 0.29) is 47.9 Å². The van der Waals surface area contributed by atoms with E-state index < -0.39 is 17.3 Å². The first-order chi connectivity index (χ1) is 17.8. The van der Waals surface area contributed by atoms with Crippen molar-refractivity contribution in [2.24, 2.45) is 5.73 Å². The number of hydrogen-bond donors (Lipinski definition) is 3. The summed E-state index contributed by atoms with van der Waals surface area (Å²) in [6, 6.07) is 8.47. The van der Waals surface area contributed by atoms with Crippen LogP contribution in [0.3, 0.4) is 0 Å². The minimum Gasteiger partial charge on any atom is -0.488 e. The highest BCUT2D eigenvalue weighted by molar-refractivity contribution is 6.50. The molecule has 2 aromatic carbocycles. The van der Waals surface area contributed by atoms with Gasteiger partial charge >= 0.3 is 0 Å². The van der Waals surface area contributed by atoms with Crippen molar-refractivity contribution in [3.05, 3.63) is 65.0 Å². The molecule has 0 unspecified atom stereocenters. The summed E-state index contributed by atoms with van der Waals surface area (Å²) < 4.78 is 35.1. The summed E-state index contributed by atoms with van der Waals surface area (Å²) >= 11 is 0. The molecule has 3 rings (SSSR count). The fraction of sp³-hybridized carbons (Fsp3) is 0.346. The highest BCUT2D eigenvalue weighted by Crippen LogP contribution is 2.25. The number of nitrogens with zero attached hydrogens (tertiary/aromatic N) is 1. The zero-order valence-electron chi connectivity index (χ0n) is 20.8. The molecule has 10 nitrogen and oxygen atoms in total. The average Bonchev–Trinajstić information content (AvgIpc) is 2.90. The van der Waals surface area contributed by atoms with Crippen LogP contribution in [0.15, 0.2) is 42.5 Å². The second kappa shape index (κ2) is 12.9. The van der Waals surface area contributed by atoms with Crippen LogP contribution < -0.4 is 16.2 Å². The lowest BCUT2D eigenvalue weighted by molar-refractivity contribution is -0.108. The van der Waals surface area contributed by atoms with Crippen molar-refractivity contribution in [2.75, 3.05) is 59.5 Å². The van der Waals surface area contributed by atoms with Gasteiger partial charge in [-0.05, 0) is 23.8 Å². The quantitative estimate of drug-likeness (QED) is 0.178. The molecule has 0 aliphatic carbocycles. The fourth-order valence-corrected chi connectivity index (χ4v) is 3.78. The summed E-state index contributed by atoms with van der Waals surface area (Å²) in [5, 5.41) is 8.20. The third-order valence-electron chi connectivity index (χ3n) is 5.76. The molecule has 0 saturated carbocycles. The number of carbonyl (C=O) groups is 2. The Labute approximate surface area is 214 Å². The van der Waals surface area contributed by atoms with Crippen molar-refractivity contribution in [2.45, 2.75) is 6.04 Å². The Morgan fingerprint density at radius 2 is 1.86 bits per heavy atom. The van der Waals surface area contributed by atoms with E-state index in [4.69, 9.17) is 35.8 Å². The molecule has 1 saturated heterocycles. The third kappa shape index (κ3) is 6.91. The first kappa shape index (κ1) is 27.8. The number of halogens is 1. The van der Waals surface area contributed by atoms with Crippen molar-refractivity contribution >= 4 is 28.8 Å². The maximum Gasteiger partial charge on any atom is 0.254 e. The summed E-state index contributed by atoms with van der Waals surface area (Å²) in [6.07, 6.45) is 1.07. The predicted molar refractivity (Wildman–Crippen MR) is 136 cm³/mol. The minimum absolute atomic E-state index is 0.0110. The van der Waals surface area contributed by atoms with Crippen molar-refractivity contribution < 1.29 is 32.9 Å². The van der Waals surface area contributed by atoms with Gasteiger partial charge in [0.15, 0.2) is 11.6 Å². The van der Waals surface area contributed by atoms with E-state index in [0.29, 0.717) is 37.5 Å².